The number of rotatable bonds is 10. The summed E-state index contributed by atoms with van der Waals surface area (Å²) >= 11 is 6.23. The molecule has 0 heterocycles. The standard InChI is InChI=1S/C16H26ClNO/c1-3-4-5-6-9-12-19-16(13-18-2)14-10-7-8-11-15(14)17/h7-8,10-11,16,18H,3-6,9,12-13H2,1-2H3. The van der Waals surface area contributed by atoms with Crippen LogP contribution in [0.2, 0.25) is 5.02 Å². The zero-order valence-corrected chi connectivity index (χ0v) is 12.9. The summed E-state index contributed by atoms with van der Waals surface area (Å²) < 4.78 is 5.98. The van der Waals surface area contributed by atoms with Crippen molar-refractivity contribution in [2.75, 3.05) is 20.2 Å². The highest BCUT2D eigenvalue weighted by Crippen LogP contribution is 2.25. The van der Waals surface area contributed by atoms with Crippen molar-refractivity contribution in [3.8, 4) is 0 Å². The molecule has 1 N–H and O–H groups in total. The lowest BCUT2D eigenvalue weighted by atomic mass is 10.1. The van der Waals surface area contributed by atoms with Crippen LogP contribution in [0.4, 0.5) is 0 Å². The maximum Gasteiger partial charge on any atom is 0.0963 e. The first-order valence-electron chi connectivity index (χ1n) is 7.30. The normalized spacial score (nSPS) is 12.6. The van der Waals surface area contributed by atoms with E-state index in [1.165, 1.54) is 25.7 Å². The number of hydrogen-bond donors (Lipinski definition) is 1. The lowest BCUT2D eigenvalue weighted by Crippen LogP contribution is -2.20. The highest BCUT2D eigenvalue weighted by molar-refractivity contribution is 6.31. The van der Waals surface area contributed by atoms with E-state index >= 15 is 0 Å². The van der Waals surface area contributed by atoms with Crippen molar-refractivity contribution in [1.29, 1.82) is 0 Å². The molecule has 0 aliphatic carbocycles. The molecule has 2 nitrogen and oxygen atoms in total. The first-order valence-corrected chi connectivity index (χ1v) is 7.68. The summed E-state index contributed by atoms with van der Waals surface area (Å²) in [5, 5.41) is 3.96. The number of unbranched alkanes of at least 4 members (excludes halogenated alkanes) is 4. The zero-order chi connectivity index (χ0) is 13.9. The van der Waals surface area contributed by atoms with E-state index in [4.69, 9.17) is 16.3 Å². The van der Waals surface area contributed by atoms with E-state index in [1.54, 1.807) is 0 Å². The molecule has 108 valence electrons. The van der Waals surface area contributed by atoms with E-state index in [9.17, 15) is 0 Å². The Balaban J connectivity index is 2.39. The average molecular weight is 284 g/mol. The number of likely N-dealkylation sites (N-methyl/N-ethyl adjacent to an activating group) is 1. The van der Waals surface area contributed by atoms with Crippen LogP contribution in [0.1, 0.15) is 50.7 Å². The van der Waals surface area contributed by atoms with Crippen LogP contribution in [0.5, 0.6) is 0 Å². The van der Waals surface area contributed by atoms with Gasteiger partial charge in [-0.15, -0.1) is 0 Å². The van der Waals surface area contributed by atoms with Crippen LogP contribution < -0.4 is 5.32 Å². The Labute approximate surface area is 122 Å². The van der Waals surface area contributed by atoms with Gasteiger partial charge in [-0.05, 0) is 19.5 Å². The molecule has 0 aliphatic heterocycles. The third kappa shape index (κ3) is 6.42. The number of ether oxygens (including phenoxy) is 1. The molecule has 0 radical (unpaired) electrons. The Morgan fingerprint density at radius 3 is 2.58 bits per heavy atom. The van der Waals surface area contributed by atoms with E-state index in [1.807, 2.05) is 31.3 Å². The predicted octanol–water partition coefficient (Wildman–Crippen LogP) is 4.59. The summed E-state index contributed by atoms with van der Waals surface area (Å²) in [5.41, 5.74) is 1.08. The van der Waals surface area contributed by atoms with Crippen LogP contribution in [0.3, 0.4) is 0 Å². The molecule has 19 heavy (non-hydrogen) atoms. The quantitative estimate of drug-likeness (QED) is 0.634. The summed E-state index contributed by atoms with van der Waals surface area (Å²) in [5.74, 6) is 0. The molecule has 3 heteroatoms. The Morgan fingerprint density at radius 2 is 1.89 bits per heavy atom. The smallest absolute Gasteiger partial charge is 0.0963 e. The molecule has 0 spiro atoms. The summed E-state index contributed by atoms with van der Waals surface area (Å²) in [6, 6.07) is 7.92. The fraction of sp³-hybridized carbons (Fsp3) is 0.625. The fourth-order valence-electron chi connectivity index (χ4n) is 2.11. The van der Waals surface area contributed by atoms with Gasteiger partial charge in [0.25, 0.3) is 0 Å². The van der Waals surface area contributed by atoms with E-state index in [2.05, 4.69) is 12.2 Å². The molecule has 0 aromatic heterocycles. The van der Waals surface area contributed by atoms with Gasteiger partial charge in [-0.25, -0.2) is 0 Å². The Hall–Kier alpha value is -0.570. The monoisotopic (exact) mass is 283 g/mol. The molecule has 0 bridgehead atoms. The van der Waals surface area contributed by atoms with Gasteiger partial charge in [0.05, 0.1) is 6.10 Å². The van der Waals surface area contributed by atoms with Gasteiger partial charge in [0, 0.05) is 23.7 Å². The second-order valence-electron chi connectivity index (χ2n) is 4.85. The van der Waals surface area contributed by atoms with E-state index in [0.717, 1.165) is 30.2 Å². The van der Waals surface area contributed by atoms with Gasteiger partial charge in [0.2, 0.25) is 0 Å². The summed E-state index contributed by atoms with van der Waals surface area (Å²) in [7, 11) is 1.94. The maximum atomic E-state index is 6.23. The second-order valence-corrected chi connectivity index (χ2v) is 5.26. The molecule has 1 rings (SSSR count). The zero-order valence-electron chi connectivity index (χ0n) is 12.1. The van der Waals surface area contributed by atoms with Gasteiger partial charge in [-0.3, -0.25) is 0 Å². The summed E-state index contributed by atoms with van der Waals surface area (Å²) in [6.45, 7) is 3.83. The first-order chi connectivity index (χ1) is 9.29. The van der Waals surface area contributed by atoms with Gasteiger partial charge < -0.3 is 10.1 Å². The number of nitrogens with one attached hydrogen (secondary N) is 1. The molecular weight excluding hydrogens is 258 g/mol. The number of halogens is 1. The average Bonchev–Trinajstić information content (AvgIpc) is 2.42. The molecule has 0 saturated heterocycles. The fourth-order valence-corrected chi connectivity index (χ4v) is 2.37. The minimum atomic E-state index is 0.0462. The van der Waals surface area contributed by atoms with Crippen LogP contribution in [-0.4, -0.2) is 20.2 Å². The van der Waals surface area contributed by atoms with Crippen molar-refractivity contribution in [1.82, 2.24) is 5.32 Å². The number of benzene rings is 1. The highest BCUT2D eigenvalue weighted by atomic mass is 35.5. The predicted molar refractivity (Wildman–Crippen MR) is 82.8 cm³/mol. The Bertz CT molecular complexity index is 343. The Morgan fingerprint density at radius 1 is 1.16 bits per heavy atom. The second kappa shape index (κ2) is 10.2. The molecule has 0 fully saturated rings. The van der Waals surface area contributed by atoms with E-state index in [0.29, 0.717) is 0 Å². The van der Waals surface area contributed by atoms with Gasteiger partial charge in [0.15, 0.2) is 0 Å². The van der Waals surface area contributed by atoms with Crippen molar-refractivity contribution in [3.63, 3.8) is 0 Å². The van der Waals surface area contributed by atoms with Gasteiger partial charge in [-0.1, -0.05) is 62.4 Å². The first kappa shape index (κ1) is 16.5. The number of hydrogen-bond acceptors (Lipinski definition) is 2. The largest absolute Gasteiger partial charge is 0.372 e. The lowest BCUT2D eigenvalue weighted by molar-refractivity contribution is 0.0512. The maximum absolute atomic E-state index is 6.23. The van der Waals surface area contributed by atoms with Crippen LogP contribution in [0.25, 0.3) is 0 Å². The van der Waals surface area contributed by atoms with Crippen molar-refractivity contribution in [2.24, 2.45) is 0 Å². The molecule has 0 saturated carbocycles. The topological polar surface area (TPSA) is 21.3 Å². The van der Waals surface area contributed by atoms with Gasteiger partial charge in [0.1, 0.15) is 0 Å². The van der Waals surface area contributed by atoms with Crippen molar-refractivity contribution in [3.05, 3.63) is 34.9 Å². The molecular formula is C16H26ClNO. The van der Waals surface area contributed by atoms with Crippen molar-refractivity contribution in [2.45, 2.75) is 45.1 Å². The highest BCUT2D eigenvalue weighted by Gasteiger charge is 2.13. The SMILES string of the molecule is CCCCCCCOC(CNC)c1ccccc1Cl. The van der Waals surface area contributed by atoms with E-state index < -0.39 is 0 Å². The Kier molecular flexibility index (Phi) is 8.89. The van der Waals surface area contributed by atoms with Crippen LogP contribution >= 0.6 is 11.6 Å². The summed E-state index contributed by atoms with van der Waals surface area (Å²) in [6.07, 6.45) is 6.34. The molecule has 1 aromatic rings. The molecule has 1 atom stereocenters. The van der Waals surface area contributed by atoms with Crippen LogP contribution in [-0.2, 0) is 4.74 Å². The van der Waals surface area contributed by atoms with Crippen molar-refractivity contribution < 1.29 is 4.74 Å². The van der Waals surface area contributed by atoms with Crippen molar-refractivity contribution >= 4 is 11.6 Å². The summed E-state index contributed by atoms with van der Waals surface area (Å²) in [4.78, 5) is 0. The van der Waals surface area contributed by atoms with Gasteiger partial charge >= 0.3 is 0 Å². The van der Waals surface area contributed by atoms with Crippen LogP contribution in [0, 0.1) is 0 Å². The van der Waals surface area contributed by atoms with Gasteiger partial charge in [-0.2, -0.15) is 0 Å². The van der Waals surface area contributed by atoms with E-state index in [-0.39, 0.29) is 6.10 Å². The molecule has 1 aromatic carbocycles. The third-order valence-electron chi connectivity index (χ3n) is 3.21. The third-order valence-corrected chi connectivity index (χ3v) is 3.55. The molecule has 1 unspecified atom stereocenters. The molecule has 0 aliphatic rings. The minimum Gasteiger partial charge on any atom is -0.372 e. The molecule has 0 amide bonds. The minimum absolute atomic E-state index is 0.0462. The van der Waals surface area contributed by atoms with Crippen LogP contribution in [0.15, 0.2) is 24.3 Å². The lowest BCUT2D eigenvalue weighted by Gasteiger charge is -2.19.